The monoisotopic (exact) mass is 381 g/mol. The van der Waals surface area contributed by atoms with E-state index >= 15 is 0 Å². The molecule has 0 saturated carbocycles. The van der Waals surface area contributed by atoms with Crippen LogP contribution in [0.5, 0.6) is 5.75 Å². The standard InChI is InChI=1S/C16H13F2N3O6/c17-16(18)27-11-4-1-9(2-5-11)20-14(22)8-26-15(23)12-7-10(21(24)25)3-6-13(12)19/h1-7,16H,8,19H2,(H,20,22). The fraction of sp³-hybridized carbons (Fsp3) is 0.125. The molecule has 3 N–H and O–H groups in total. The summed E-state index contributed by atoms with van der Waals surface area (Å²) in [4.78, 5) is 33.8. The van der Waals surface area contributed by atoms with Gasteiger partial charge >= 0.3 is 12.6 Å². The predicted octanol–water partition coefficient (Wildman–Crippen LogP) is 2.57. The molecule has 1 amide bonds. The third kappa shape index (κ3) is 5.63. The highest BCUT2D eigenvalue weighted by molar-refractivity contribution is 5.98. The molecular formula is C16H13F2N3O6. The molecular weight excluding hydrogens is 368 g/mol. The number of nitrogens with two attached hydrogens (primary N) is 1. The lowest BCUT2D eigenvalue weighted by atomic mass is 10.1. The molecule has 142 valence electrons. The molecule has 0 aliphatic heterocycles. The largest absolute Gasteiger partial charge is 0.452 e. The van der Waals surface area contributed by atoms with Crippen molar-refractivity contribution in [3.05, 3.63) is 58.1 Å². The maximum absolute atomic E-state index is 12.1. The van der Waals surface area contributed by atoms with Gasteiger partial charge in [0.25, 0.3) is 11.6 Å². The number of non-ortho nitro benzene ring substituents is 1. The van der Waals surface area contributed by atoms with Crippen molar-refractivity contribution in [1.82, 2.24) is 0 Å². The Bertz CT molecular complexity index is 858. The van der Waals surface area contributed by atoms with Crippen LogP contribution in [0.3, 0.4) is 0 Å². The van der Waals surface area contributed by atoms with Crippen LogP contribution in [0.15, 0.2) is 42.5 Å². The highest BCUT2D eigenvalue weighted by Crippen LogP contribution is 2.21. The number of nitro benzene ring substituents is 1. The Kier molecular flexibility index (Phi) is 6.20. The van der Waals surface area contributed by atoms with E-state index in [2.05, 4.69) is 10.1 Å². The van der Waals surface area contributed by atoms with Crippen molar-refractivity contribution < 1.29 is 32.8 Å². The van der Waals surface area contributed by atoms with E-state index in [0.717, 1.165) is 12.1 Å². The molecule has 0 atom stereocenters. The van der Waals surface area contributed by atoms with Crippen molar-refractivity contribution in [1.29, 1.82) is 0 Å². The third-order valence-corrected chi connectivity index (χ3v) is 3.17. The summed E-state index contributed by atoms with van der Waals surface area (Å²) < 4.78 is 33.1. The van der Waals surface area contributed by atoms with Gasteiger partial charge in [-0.15, -0.1) is 0 Å². The number of nitro groups is 1. The van der Waals surface area contributed by atoms with E-state index in [9.17, 15) is 28.5 Å². The van der Waals surface area contributed by atoms with E-state index in [1.807, 2.05) is 0 Å². The number of rotatable bonds is 7. The molecule has 0 aliphatic carbocycles. The lowest BCUT2D eigenvalue weighted by molar-refractivity contribution is -0.384. The van der Waals surface area contributed by atoms with Crippen LogP contribution in [0, 0.1) is 10.1 Å². The van der Waals surface area contributed by atoms with Gasteiger partial charge in [-0.25, -0.2) is 4.79 Å². The minimum Gasteiger partial charge on any atom is -0.452 e. The van der Waals surface area contributed by atoms with Crippen molar-refractivity contribution in [2.75, 3.05) is 17.7 Å². The second-order valence-corrected chi connectivity index (χ2v) is 5.06. The number of alkyl halides is 2. The highest BCUT2D eigenvalue weighted by Gasteiger charge is 2.17. The summed E-state index contributed by atoms with van der Waals surface area (Å²) >= 11 is 0. The SMILES string of the molecule is Nc1ccc([N+](=O)[O-])cc1C(=O)OCC(=O)Nc1ccc(OC(F)F)cc1. The van der Waals surface area contributed by atoms with Gasteiger partial charge in [0.05, 0.1) is 10.5 Å². The number of nitrogen functional groups attached to an aromatic ring is 1. The average molecular weight is 381 g/mol. The van der Waals surface area contributed by atoms with E-state index < -0.39 is 30.0 Å². The van der Waals surface area contributed by atoms with Gasteiger partial charge in [-0.3, -0.25) is 14.9 Å². The summed E-state index contributed by atoms with van der Waals surface area (Å²) in [6.07, 6.45) is 0. The lowest BCUT2D eigenvalue weighted by Crippen LogP contribution is -2.21. The molecule has 0 bridgehead atoms. The first-order chi connectivity index (χ1) is 12.8. The van der Waals surface area contributed by atoms with Crippen molar-refractivity contribution >= 4 is 28.9 Å². The number of hydrogen-bond acceptors (Lipinski definition) is 7. The Morgan fingerprint density at radius 1 is 1.19 bits per heavy atom. The Morgan fingerprint density at radius 3 is 2.44 bits per heavy atom. The number of nitrogens with one attached hydrogen (secondary N) is 1. The van der Waals surface area contributed by atoms with Crippen molar-refractivity contribution in [2.45, 2.75) is 6.61 Å². The predicted molar refractivity (Wildman–Crippen MR) is 89.5 cm³/mol. The Hall–Kier alpha value is -3.76. The smallest absolute Gasteiger partial charge is 0.387 e. The molecule has 27 heavy (non-hydrogen) atoms. The van der Waals surface area contributed by atoms with E-state index in [1.54, 1.807) is 0 Å². The Balaban J connectivity index is 1.92. The number of ether oxygens (including phenoxy) is 2. The summed E-state index contributed by atoms with van der Waals surface area (Å²) in [6.45, 7) is -3.65. The second-order valence-electron chi connectivity index (χ2n) is 5.06. The van der Waals surface area contributed by atoms with Gasteiger partial charge in [0, 0.05) is 23.5 Å². The van der Waals surface area contributed by atoms with Crippen LogP contribution >= 0.6 is 0 Å². The summed E-state index contributed by atoms with van der Waals surface area (Å²) in [5, 5.41) is 13.1. The first-order valence-corrected chi connectivity index (χ1v) is 7.32. The van der Waals surface area contributed by atoms with Gasteiger partial charge in [0.15, 0.2) is 6.61 Å². The summed E-state index contributed by atoms with van der Waals surface area (Å²) in [5.74, 6) is -1.81. The normalized spacial score (nSPS) is 10.3. The van der Waals surface area contributed by atoms with Crippen LogP contribution in [0.25, 0.3) is 0 Å². The topological polar surface area (TPSA) is 134 Å². The number of halogens is 2. The number of benzene rings is 2. The van der Waals surface area contributed by atoms with Crippen LogP contribution in [0.2, 0.25) is 0 Å². The van der Waals surface area contributed by atoms with Crippen molar-refractivity contribution in [3.8, 4) is 5.75 Å². The molecule has 0 aliphatic rings. The number of carbonyl (C=O) groups is 2. The zero-order valence-electron chi connectivity index (χ0n) is 13.6. The van der Waals surface area contributed by atoms with Crippen LogP contribution in [-0.2, 0) is 9.53 Å². The van der Waals surface area contributed by atoms with Crippen LogP contribution in [-0.4, -0.2) is 30.0 Å². The summed E-state index contributed by atoms with van der Waals surface area (Å²) in [6, 6.07) is 8.32. The van der Waals surface area contributed by atoms with Gasteiger partial charge in [-0.05, 0) is 30.3 Å². The minimum atomic E-state index is -2.97. The van der Waals surface area contributed by atoms with Gasteiger partial charge in [-0.2, -0.15) is 8.78 Å². The highest BCUT2D eigenvalue weighted by atomic mass is 19.3. The number of amides is 1. The molecule has 2 rings (SSSR count). The van der Waals surface area contributed by atoms with Gasteiger partial charge in [0.1, 0.15) is 5.75 Å². The Labute approximate surface area is 150 Å². The molecule has 0 radical (unpaired) electrons. The molecule has 0 spiro atoms. The minimum absolute atomic E-state index is 0.0411. The first kappa shape index (κ1) is 19.6. The zero-order valence-corrected chi connectivity index (χ0v) is 13.6. The second kappa shape index (κ2) is 8.56. The molecule has 2 aromatic carbocycles. The average Bonchev–Trinajstić information content (AvgIpc) is 2.61. The van der Waals surface area contributed by atoms with E-state index in [-0.39, 0.29) is 28.4 Å². The molecule has 0 aromatic heterocycles. The van der Waals surface area contributed by atoms with Crippen LogP contribution < -0.4 is 15.8 Å². The molecule has 0 heterocycles. The number of hydrogen-bond donors (Lipinski definition) is 2. The van der Waals surface area contributed by atoms with Crippen molar-refractivity contribution in [3.63, 3.8) is 0 Å². The molecule has 0 saturated heterocycles. The van der Waals surface area contributed by atoms with E-state index in [1.165, 1.54) is 30.3 Å². The van der Waals surface area contributed by atoms with E-state index in [0.29, 0.717) is 0 Å². The number of anilines is 2. The summed E-state index contributed by atoms with van der Waals surface area (Å²) in [7, 11) is 0. The Morgan fingerprint density at radius 2 is 1.85 bits per heavy atom. The molecule has 9 nitrogen and oxygen atoms in total. The van der Waals surface area contributed by atoms with Crippen molar-refractivity contribution in [2.24, 2.45) is 0 Å². The van der Waals surface area contributed by atoms with Crippen LogP contribution in [0.1, 0.15) is 10.4 Å². The number of nitrogens with zero attached hydrogens (tertiary/aromatic N) is 1. The molecule has 0 unspecified atom stereocenters. The fourth-order valence-electron chi connectivity index (χ4n) is 1.96. The third-order valence-electron chi connectivity index (χ3n) is 3.17. The lowest BCUT2D eigenvalue weighted by Gasteiger charge is -2.09. The van der Waals surface area contributed by atoms with Gasteiger partial charge in [-0.1, -0.05) is 0 Å². The fourth-order valence-corrected chi connectivity index (χ4v) is 1.96. The zero-order chi connectivity index (χ0) is 20.0. The van der Waals surface area contributed by atoms with Gasteiger partial charge in [0.2, 0.25) is 0 Å². The molecule has 0 fully saturated rings. The first-order valence-electron chi connectivity index (χ1n) is 7.32. The molecule has 11 heteroatoms. The van der Waals surface area contributed by atoms with Crippen LogP contribution in [0.4, 0.5) is 25.8 Å². The van der Waals surface area contributed by atoms with Gasteiger partial charge < -0.3 is 20.5 Å². The quantitative estimate of drug-likeness (QED) is 0.326. The number of esters is 1. The summed E-state index contributed by atoms with van der Waals surface area (Å²) in [5.41, 5.74) is 5.20. The maximum Gasteiger partial charge on any atom is 0.387 e. The van der Waals surface area contributed by atoms with E-state index in [4.69, 9.17) is 10.5 Å². The molecule has 2 aromatic rings. The maximum atomic E-state index is 12.1. The number of carbonyl (C=O) groups excluding carboxylic acids is 2.